The lowest BCUT2D eigenvalue weighted by molar-refractivity contribution is 0.128. The summed E-state index contributed by atoms with van der Waals surface area (Å²) in [5.74, 6) is 0.990. The Hall–Kier alpha value is -0.530. The van der Waals surface area contributed by atoms with Crippen LogP contribution in [0.2, 0.25) is 0 Å². The third-order valence-corrected chi connectivity index (χ3v) is 3.48. The van der Waals surface area contributed by atoms with E-state index in [9.17, 15) is 0 Å². The lowest BCUT2D eigenvalue weighted by Crippen LogP contribution is -2.35. The molecule has 0 aromatic heterocycles. The molecule has 62 valence electrons. The van der Waals surface area contributed by atoms with Crippen LogP contribution in [0, 0.1) is 11.3 Å². The van der Waals surface area contributed by atoms with E-state index in [0.29, 0.717) is 5.41 Å². The molecule has 2 bridgehead atoms. The molecule has 11 heavy (non-hydrogen) atoms. The first-order chi connectivity index (χ1) is 5.35. The second kappa shape index (κ2) is 2.50. The van der Waals surface area contributed by atoms with E-state index in [2.05, 4.69) is 5.16 Å². The van der Waals surface area contributed by atoms with Crippen molar-refractivity contribution in [3.05, 3.63) is 0 Å². The first-order valence-corrected chi connectivity index (χ1v) is 4.53. The van der Waals surface area contributed by atoms with Crippen LogP contribution < -0.4 is 0 Å². The van der Waals surface area contributed by atoms with E-state index in [1.54, 1.807) is 6.21 Å². The molecule has 2 nitrogen and oxygen atoms in total. The molecule has 0 atom stereocenters. The normalized spacial score (nSPS) is 43.5. The Morgan fingerprint density at radius 2 is 1.73 bits per heavy atom. The van der Waals surface area contributed by atoms with Gasteiger partial charge in [-0.05, 0) is 44.4 Å². The summed E-state index contributed by atoms with van der Waals surface area (Å²) in [6.07, 6.45) is 9.59. The van der Waals surface area contributed by atoms with Crippen LogP contribution in [0.5, 0.6) is 0 Å². The molecule has 2 heteroatoms. The summed E-state index contributed by atoms with van der Waals surface area (Å²) in [5.41, 5.74) is 0.295. The fourth-order valence-electron chi connectivity index (χ4n) is 2.60. The van der Waals surface area contributed by atoms with E-state index in [0.717, 1.165) is 5.92 Å². The van der Waals surface area contributed by atoms with Crippen molar-refractivity contribution in [2.75, 3.05) is 0 Å². The molecule has 3 rings (SSSR count). The van der Waals surface area contributed by atoms with Crippen LogP contribution in [0.3, 0.4) is 0 Å². The lowest BCUT2D eigenvalue weighted by Gasteiger charge is -2.43. The number of hydrogen-bond acceptors (Lipinski definition) is 2. The first kappa shape index (κ1) is 7.14. The van der Waals surface area contributed by atoms with Crippen LogP contribution >= 0.6 is 0 Å². The summed E-state index contributed by atoms with van der Waals surface area (Å²) in [5, 5.41) is 11.7. The Labute approximate surface area is 67.3 Å². The molecule has 0 saturated heterocycles. The predicted octanol–water partition coefficient (Wildman–Crippen LogP) is 2.42. The van der Waals surface area contributed by atoms with Gasteiger partial charge in [-0.3, -0.25) is 0 Å². The highest BCUT2D eigenvalue weighted by Crippen LogP contribution is 2.48. The van der Waals surface area contributed by atoms with Gasteiger partial charge in [-0.15, -0.1) is 5.16 Å². The molecule has 0 unspecified atom stereocenters. The molecular weight excluding hydrogens is 138 g/mol. The maximum atomic E-state index is 8.50. The van der Waals surface area contributed by atoms with Crippen molar-refractivity contribution in [1.29, 1.82) is 0 Å². The smallest absolute Gasteiger partial charge is 0.0497 e. The van der Waals surface area contributed by atoms with E-state index in [-0.39, 0.29) is 0 Å². The largest absolute Gasteiger partial charge is 0.411 e. The summed E-state index contributed by atoms with van der Waals surface area (Å²) in [4.78, 5) is 0. The van der Waals surface area contributed by atoms with Crippen LogP contribution in [-0.2, 0) is 0 Å². The van der Waals surface area contributed by atoms with Gasteiger partial charge in [0.05, 0.1) is 0 Å². The molecule has 0 aromatic rings. The minimum absolute atomic E-state index is 0.295. The van der Waals surface area contributed by atoms with Crippen molar-refractivity contribution in [2.45, 2.75) is 38.5 Å². The molecular formula is C9H15NO. The highest BCUT2D eigenvalue weighted by molar-refractivity contribution is 5.65. The van der Waals surface area contributed by atoms with Crippen molar-refractivity contribution in [1.82, 2.24) is 0 Å². The van der Waals surface area contributed by atoms with Gasteiger partial charge in [-0.25, -0.2) is 0 Å². The average Bonchev–Trinajstić information content (AvgIpc) is 2.07. The van der Waals surface area contributed by atoms with Crippen LogP contribution in [0.15, 0.2) is 5.16 Å². The lowest BCUT2D eigenvalue weighted by atomic mass is 9.61. The van der Waals surface area contributed by atoms with Crippen LogP contribution in [0.1, 0.15) is 38.5 Å². The fraction of sp³-hybridized carbons (Fsp3) is 0.889. The van der Waals surface area contributed by atoms with E-state index >= 15 is 0 Å². The number of nitrogens with zero attached hydrogens (tertiary/aromatic N) is 1. The first-order valence-electron chi connectivity index (χ1n) is 4.53. The minimum Gasteiger partial charge on any atom is -0.411 e. The number of rotatable bonds is 1. The standard InChI is InChI=1S/C9H15NO/c11-10-7-9-4-1-8(2-5-9)3-6-9/h7-8,11H,1-6H2. The van der Waals surface area contributed by atoms with Crippen molar-refractivity contribution in [3.8, 4) is 0 Å². The van der Waals surface area contributed by atoms with Crippen LogP contribution in [0.4, 0.5) is 0 Å². The zero-order valence-electron chi connectivity index (χ0n) is 6.79. The monoisotopic (exact) mass is 153 g/mol. The maximum Gasteiger partial charge on any atom is 0.0497 e. The molecule has 0 radical (unpaired) electrons. The molecule has 3 aliphatic rings. The molecule has 0 spiro atoms. The topological polar surface area (TPSA) is 32.6 Å². The van der Waals surface area contributed by atoms with Crippen molar-refractivity contribution in [3.63, 3.8) is 0 Å². The van der Waals surface area contributed by atoms with Gasteiger partial charge < -0.3 is 5.21 Å². The molecule has 3 aliphatic carbocycles. The molecule has 0 aliphatic heterocycles. The molecule has 1 N–H and O–H groups in total. The van der Waals surface area contributed by atoms with Crippen molar-refractivity contribution in [2.24, 2.45) is 16.5 Å². The van der Waals surface area contributed by atoms with E-state index in [4.69, 9.17) is 5.21 Å². The quantitative estimate of drug-likeness (QED) is 0.350. The summed E-state index contributed by atoms with van der Waals surface area (Å²) >= 11 is 0. The highest BCUT2D eigenvalue weighted by atomic mass is 16.4. The zero-order valence-corrected chi connectivity index (χ0v) is 6.79. The average molecular weight is 153 g/mol. The third kappa shape index (κ3) is 1.15. The van der Waals surface area contributed by atoms with Crippen molar-refractivity contribution < 1.29 is 5.21 Å². The highest BCUT2D eigenvalue weighted by Gasteiger charge is 2.39. The van der Waals surface area contributed by atoms with E-state index in [1.807, 2.05) is 0 Å². The van der Waals surface area contributed by atoms with Gasteiger partial charge in [0, 0.05) is 11.6 Å². The zero-order chi connectivity index (χ0) is 7.73. The van der Waals surface area contributed by atoms with Gasteiger partial charge in [0.1, 0.15) is 0 Å². The van der Waals surface area contributed by atoms with Gasteiger partial charge in [0.15, 0.2) is 0 Å². The molecule has 3 saturated carbocycles. The summed E-state index contributed by atoms with van der Waals surface area (Å²) < 4.78 is 0. The fourth-order valence-corrected chi connectivity index (χ4v) is 2.60. The van der Waals surface area contributed by atoms with Gasteiger partial charge in [-0.1, -0.05) is 0 Å². The summed E-state index contributed by atoms with van der Waals surface area (Å²) in [7, 11) is 0. The second-order valence-corrected chi connectivity index (χ2v) is 4.09. The second-order valence-electron chi connectivity index (χ2n) is 4.09. The Morgan fingerprint density at radius 1 is 1.18 bits per heavy atom. The molecule has 0 heterocycles. The number of hydrogen-bond donors (Lipinski definition) is 1. The van der Waals surface area contributed by atoms with Crippen molar-refractivity contribution >= 4 is 6.21 Å². The Morgan fingerprint density at radius 3 is 2.18 bits per heavy atom. The van der Waals surface area contributed by atoms with Gasteiger partial charge in [0.2, 0.25) is 0 Å². The SMILES string of the molecule is ON=CC12CCC(CC1)CC2. The predicted molar refractivity (Wildman–Crippen MR) is 43.9 cm³/mol. The molecule has 0 aromatic carbocycles. The summed E-state index contributed by atoms with van der Waals surface area (Å²) in [6.45, 7) is 0. The Bertz CT molecular complexity index is 155. The molecule has 3 fully saturated rings. The number of oxime groups is 1. The molecule has 0 amide bonds. The van der Waals surface area contributed by atoms with Gasteiger partial charge in [-0.2, -0.15) is 0 Å². The summed E-state index contributed by atoms with van der Waals surface area (Å²) in [6, 6.07) is 0. The Kier molecular flexibility index (Phi) is 1.63. The van der Waals surface area contributed by atoms with E-state index < -0.39 is 0 Å². The van der Waals surface area contributed by atoms with Gasteiger partial charge >= 0.3 is 0 Å². The minimum atomic E-state index is 0.295. The Balaban J connectivity index is 2.11. The third-order valence-electron chi connectivity index (χ3n) is 3.48. The van der Waals surface area contributed by atoms with E-state index in [1.165, 1.54) is 38.5 Å². The van der Waals surface area contributed by atoms with Crippen LogP contribution in [0.25, 0.3) is 0 Å². The van der Waals surface area contributed by atoms with Crippen LogP contribution in [-0.4, -0.2) is 11.4 Å². The number of fused-ring (bicyclic) bond motifs is 3. The maximum absolute atomic E-state index is 8.50. The van der Waals surface area contributed by atoms with Gasteiger partial charge in [0.25, 0.3) is 0 Å².